The second kappa shape index (κ2) is 3.71. The first-order valence-electron chi connectivity index (χ1n) is 4.38. The number of rotatable bonds is 2. The molecule has 1 aliphatic heterocycles. The van der Waals surface area contributed by atoms with Crippen molar-refractivity contribution in [2.24, 2.45) is 0 Å². The number of carbonyl (C=O) groups excluding carboxylic acids is 1. The summed E-state index contributed by atoms with van der Waals surface area (Å²) in [6, 6.07) is 0. The zero-order valence-corrected chi connectivity index (χ0v) is 8.26. The first-order chi connectivity index (χ1) is 6.67. The van der Waals surface area contributed by atoms with Gasteiger partial charge in [-0.1, -0.05) is 11.9 Å². The molecule has 0 bridgehead atoms. The van der Waals surface area contributed by atoms with E-state index in [9.17, 15) is 4.79 Å². The van der Waals surface area contributed by atoms with Crippen molar-refractivity contribution in [3.63, 3.8) is 0 Å². The van der Waals surface area contributed by atoms with Crippen molar-refractivity contribution in [3.05, 3.63) is 12.2 Å². The topological polar surface area (TPSA) is 17.1 Å². The van der Waals surface area contributed by atoms with Gasteiger partial charge in [-0.3, -0.25) is 4.79 Å². The Morgan fingerprint density at radius 3 is 1.93 bits per heavy atom. The molecule has 1 saturated heterocycles. The van der Waals surface area contributed by atoms with Gasteiger partial charge in [0.15, 0.2) is 0 Å². The fraction of sp³-hybridized carbons (Fsp3) is 0.571. The maximum atomic E-state index is 10.2. The lowest BCUT2D eigenvalue weighted by Gasteiger charge is -2.49. The van der Waals surface area contributed by atoms with Crippen molar-refractivity contribution in [2.75, 3.05) is 0 Å². The zero-order chi connectivity index (χ0) is 11.9. The van der Waals surface area contributed by atoms with Crippen LogP contribution in [-0.4, -0.2) is 60.6 Å². The average Bonchev–Trinajstić information content (AvgIpc) is 2.21. The first-order valence-corrected chi connectivity index (χ1v) is 4.38. The molecular formula is C7H4B7O. The normalized spacial score (nSPS) is 31.1. The minimum atomic E-state index is -1.65. The molecule has 1 fully saturated rings. The molecule has 59 valence electrons. The Morgan fingerprint density at radius 2 is 1.60 bits per heavy atom. The summed E-state index contributed by atoms with van der Waals surface area (Å²) in [4.78, 5) is 10.2. The molecule has 15 heavy (non-hydrogen) atoms. The van der Waals surface area contributed by atoms with Crippen molar-refractivity contribution >= 4 is 60.6 Å². The number of allylic oxidation sites excluding steroid dienone is 2. The molecule has 1 atom stereocenters. The highest BCUT2D eigenvalue weighted by atomic mass is 16.1. The lowest BCUT2D eigenvalue weighted by atomic mass is 9.18. The summed E-state index contributed by atoms with van der Waals surface area (Å²) < 4.78 is 0. The number of carbonyl (C=O) groups is 1. The van der Waals surface area contributed by atoms with E-state index in [2.05, 4.69) is 0 Å². The second-order valence-electron chi connectivity index (χ2n) is 3.95. The minimum absolute atomic E-state index is 0.562. The summed E-state index contributed by atoms with van der Waals surface area (Å²) in [6.07, 6.45) is 3.29. The van der Waals surface area contributed by atoms with Gasteiger partial charge >= 0.3 is 0 Å². The Bertz CT molecular complexity index is 296. The third-order valence-corrected chi connectivity index (χ3v) is 2.84. The van der Waals surface area contributed by atoms with E-state index in [0.717, 1.165) is 0 Å². The van der Waals surface area contributed by atoms with Gasteiger partial charge in [0.2, 0.25) is 0 Å². The second-order valence-corrected chi connectivity index (χ2v) is 3.95. The van der Waals surface area contributed by atoms with Gasteiger partial charge < -0.3 is 0 Å². The summed E-state index contributed by atoms with van der Waals surface area (Å²) >= 11 is 0. The summed E-state index contributed by atoms with van der Waals surface area (Å²) in [5.41, 5.74) is 0. The van der Waals surface area contributed by atoms with Gasteiger partial charge in [0.05, 0.1) is 47.1 Å². The molecule has 1 nitrogen and oxygen atoms in total. The average molecular weight is 180 g/mol. The highest BCUT2D eigenvalue weighted by Gasteiger charge is 2.54. The number of hydrogen-bond donors (Lipinski definition) is 0. The van der Waals surface area contributed by atoms with Crippen LogP contribution in [-0.2, 0) is 4.79 Å². The predicted octanol–water partition coefficient (Wildman–Crippen LogP) is -1.44. The van der Waals surface area contributed by atoms with Crippen molar-refractivity contribution in [2.45, 2.75) is 21.4 Å². The van der Waals surface area contributed by atoms with Gasteiger partial charge in [0.1, 0.15) is 13.6 Å². The van der Waals surface area contributed by atoms with Crippen LogP contribution in [0.1, 0.15) is 0 Å². The van der Waals surface area contributed by atoms with E-state index in [1.54, 1.807) is 0 Å². The van der Waals surface area contributed by atoms with Crippen LogP contribution in [0, 0.1) is 0 Å². The van der Waals surface area contributed by atoms with Crippen molar-refractivity contribution in [1.29, 1.82) is 0 Å². The molecule has 0 saturated carbocycles. The van der Waals surface area contributed by atoms with Crippen LogP contribution < -0.4 is 0 Å². The van der Waals surface area contributed by atoms with E-state index in [1.165, 1.54) is 19.4 Å². The highest BCUT2D eigenvalue weighted by Crippen LogP contribution is 2.68. The number of hydrogen-bond acceptors (Lipinski definition) is 1. The summed E-state index contributed by atoms with van der Waals surface area (Å²) in [6.45, 7) is 0. The molecular weight excluding hydrogens is 176 g/mol. The van der Waals surface area contributed by atoms with Gasteiger partial charge in [-0.15, -0.1) is 15.5 Å². The highest BCUT2D eigenvalue weighted by molar-refractivity contribution is 6.81. The Morgan fingerprint density at radius 1 is 1.07 bits per heavy atom. The molecule has 0 aromatic heterocycles. The van der Waals surface area contributed by atoms with E-state index in [1.807, 2.05) is 0 Å². The third kappa shape index (κ3) is 1.81. The molecule has 0 aliphatic carbocycles. The van der Waals surface area contributed by atoms with Crippen LogP contribution in [0.5, 0.6) is 0 Å². The maximum Gasteiger partial charge on any atom is 0.142 e. The first kappa shape index (κ1) is 12.9. The lowest BCUT2D eigenvalue weighted by Crippen LogP contribution is -2.37. The molecule has 0 aromatic carbocycles. The van der Waals surface area contributed by atoms with E-state index >= 15 is 0 Å². The number of aldehydes is 1. The standard InChI is InChI=1S/C7H4B7O/c8-5(9)4(2-1-3-15)14-7(12,13)6(5,10)11/h1-4H/b2-1+. The molecule has 1 unspecified atom stereocenters. The summed E-state index contributed by atoms with van der Waals surface area (Å²) in [5, 5.41) is -4.65. The van der Waals surface area contributed by atoms with Crippen LogP contribution in [0.4, 0.5) is 0 Å². The Labute approximate surface area is 99.3 Å². The van der Waals surface area contributed by atoms with Crippen LogP contribution in [0.2, 0.25) is 21.4 Å². The van der Waals surface area contributed by atoms with E-state index in [4.69, 9.17) is 47.1 Å². The molecule has 1 heterocycles. The molecule has 0 N–H and O–H groups in total. The molecule has 8 heteroatoms. The molecule has 13 radical (unpaired) electrons. The molecule has 0 aromatic rings. The Balaban J connectivity index is 3.07. The monoisotopic (exact) mass is 181 g/mol. The van der Waals surface area contributed by atoms with Crippen LogP contribution >= 0.6 is 0 Å². The van der Waals surface area contributed by atoms with Crippen LogP contribution in [0.15, 0.2) is 12.2 Å². The van der Waals surface area contributed by atoms with Gasteiger partial charge in [0.25, 0.3) is 0 Å². The van der Waals surface area contributed by atoms with Crippen molar-refractivity contribution in [3.8, 4) is 0 Å². The van der Waals surface area contributed by atoms with Gasteiger partial charge in [-0.2, -0.15) is 0 Å². The fourth-order valence-corrected chi connectivity index (χ4v) is 1.60. The molecule has 1 aliphatic rings. The SMILES string of the molecule is [B]C1([B])[B]C(/C=C/C=O)C([B])([B])C1([B])[B]. The van der Waals surface area contributed by atoms with E-state index in [0.29, 0.717) is 6.29 Å². The maximum absolute atomic E-state index is 10.2. The van der Waals surface area contributed by atoms with E-state index < -0.39 is 21.4 Å². The van der Waals surface area contributed by atoms with Crippen molar-refractivity contribution in [1.82, 2.24) is 0 Å². The molecule has 0 amide bonds. The summed E-state index contributed by atoms with van der Waals surface area (Å²) in [7, 11) is 35.8. The minimum Gasteiger partial charge on any atom is -0.299 e. The Hall–Kier alpha value is -0.135. The van der Waals surface area contributed by atoms with Crippen molar-refractivity contribution < 1.29 is 4.79 Å². The zero-order valence-electron chi connectivity index (χ0n) is 8.26. The van der Waals surface area contributed by atoms with E-state index in [-0.39, 0.29) is 0 Å². The largest absolute Gasteiger partial charge is 0.299 e. The predicted molar refractivity (Wildman–Crippen MR) is 67.3 cm³/mol. The quantitative estimate of drug-likeness (QED) is 0.289. The molecule has 1 rings (SSSR count). The van der Waals surface area contributed by atoms with Gasteiger partial charge in [0, 0.05) is 0 Å². The van der Waals surface area contributed by atoms with Crippen LogP contribution in [0.3, 0.4) is 0 Å². The van der Waals surface area contributed by atoms with Gasteiger partial charge in [-0.05, 0) is 6.08 Å². The smallest absolute Gasteiger partial charge is 0.142 e. The Kier molecular flexibility index (Phi) is 3.20. The third-order valence-electron chi connectivity index (χ3n) is 2.84. The molecule has 0 spiro atoms. The van der Waals surface area contributed by atoms with Crippen LogP contribution in [0.25, 0.3) is 0 Å². The fourth-order valence-electron chi connectivity index (χ4n) is 1.60. The summed E-state index contributed by atoms with van der Waals surface area (Å²) in [5.74, 6) is -0.562. The lowest BCUT2D eigenvalue weighted by molar-refractivity contribution is -0.104. The van der Waals surface area contributed by atoms with Gasteiger partial charge in [-0.25, -0.2) is 0 Å².